The van der Waals surface area contributed by atoms with Gasteiger partial charge in [0, 0.05) is 11.1 Å². The molecule has 2 aromatic carbocycles. The Kier molecular flexibility index (Phi) is 6.72. The van der Waals surface area contributed by atoms with Crippen molar-refractivity contribution in [3.8, 4) is 5.69 Å². The second-order valence-corrected chi connectivity index (χ2v) is 9.34. The fraction of sp³-hybridized carbons (Fsp3) is 0.304. The Bertz CT molecular complexity index is 1310. The number of nitrogens with two attached hydrogens (primary N) is 1. The van der Waals surface area contributed by atoms with Gasteiger partial charge >= 0.3 is 6.09 Å². The fourth-order valence-electron chi connectivity index (χ4n) is 3.87. The van der Waals surface area contributed by atoms with Gasteiger partial charge in [-0.25, -0.2) is 9.78 Å². The molecule has 8 nitrogen and oxygen atoms in total. The Balaban J connectivity index is 2.50. The maximum Gasteiger partial charge on any atom is 0.408 e. The fourth-order valence-corrected chi connectivity index (χ4v) is 4.31. The third-order valence-corrected chi connectivity index (χ3v) is 5.88. The molecule has 1 unspecified atom stereocenters. The monoisotopic (exact) mass is 490 g/mol. The minimum atomic E-state index is -1.17. The van der Waals surface area contributed by atoms with E-state index in [1.165, 1.54) is 33.7 Å². The van der Waals surface area contributed by atoms with Crippen molar-refractivity contribution >= 4 is 46.1 Å². The quantitative estimate of drug-likeness (QED) is 0.520. The first kappa shape index (κ1) is 24.5. The minimum absolute atomic E-state index is 0.0879. The Labute approximate surface area is 200 Å². The summed E-state index contributed by atoms with van der Waals surface area (Å²) in [4.78, 5) is 43.7. The molecule has 3 aromatic rings. The number of hydrogen-bond acceptors (Lipinski definition) is 4. The molecule has 0 radical (unpaired) electrons. The van der Waals surface area contributed by atoms with Gasteiger partial charge in [0.2, 0.25) is 5.91 Å². The number of rotatable bonds is 5. The second-order valence-electron chi connectivity index (χ2n) is 8.53. The maximum absolute atomic E-state index is 13.8. The standard InChI is InChI=1S/C23H24Cl2N4O4/c1-5-16(29(22(32)33)23(2,3)4)20-27-18-15(25)10-9-14(24)17(18)21(31)28(20)13-8-6-7-12(11-13)19(26)30/h6-11,16H,5H2,1-4H3,(H2,26,30)(H,32,33). The molecule has 1 atom stereocenters. The molecule has 3 rings (SSSR count). The van der Waals surface area contributed by atoms with E-state index >= 15 is 0 Å². The normalized spacial score (nSPS) is 12.5. The summed E-state index contributed by atoms with van der Waals surface area (Å²) in [6, 6.07) is 8.37. The number of nitrogens with zero attached hydrogens (tertiary/aromatic N) is 3. The molecule has 0 saturated heterocycles. The number of halogens is 2. The number of benzene rings is 2. The van der Waals surface area contributed by atoms with E-state index in [1.54, 1.807) is 39.8 Å². The van der Waals surface area contributed by atoms with E-state index in [1.807, 2.05) is 0 Å². The summed E-state index contributed by atoms with van der Waals surface area (Å²) in [6.45, 7) is 7.06. The van der Waals surface area contributed by atoms with Gasteiger partial charge in [-0.05, 0) is 57.5 Å². The van der Waals surface area contributed by atoms with Crippen LogP contribution in [0.4, 0.5) is 4.79 Å². The van der Waals surface area contributed by atoms with Crippen LogP contribution in [0.15, 0.2) is 41.2 Å². The van der Waals surface area contributed by atoms with Crippen LogP contribution < -0.4 is 11.3 Å². The van der Waals surface area contributed by atoms with Gasteiger partial charge < -0.3 is 10.8 Å². The first-order valence-electron chi connectivity index (χ1n) is 10.2. The van der Waals surface area contributed by atoms with Gasteiger partial charge in [-0.1, -0.05) is 36.2 Å². The predicted molar refractivity (Wildman–Crippen MR) is 129 cm³/mol. The summed E-state index contributed by atoms with van der Waals surface area (Å²) in [5.74, 6) is -0.520. The van der Waals surface area contributed by atoms with Crippen LogP contribution in [0.25, 0.3) is 16.6 Å². The molecular weight excluding hydrogens is 467 g/mol. The Morgan fingerprint density at radius 3 is 2.36 bits per heavy atom. The Morgan fingerprint density at radius 2 is 1.82 bits per heavy atom. The van der Waals surface area contributed by atoms with Gasteiger partial charge in [0.1, 0.15) is 5.82 Å². The number of amides is 2. The molecule has 1 aromatic heterocycles. The lowest BCUT2D eigenvalue weighted by Gasteiger charge is -2.39. The van der Waals surface area contributed by atoms with Gasteiger partial charge in [0.05, 0.1) is 32.7 Å². The third-order valence-electron chi connectivity index (χ3n) is 5.26. The SMILES string of the molecule is CCC(c1nc2c(Cl)ccc(Cl)c2c(=O)n1-c1cccc(C(N)=O)c1)N(C(=O)O)C(C)(C)C. The average Bonchev–Trinajstić information content (AvgIpc) is 2.72. The highest BCUT2D eigenvalue weighted by Crippen LogP contribution is 2.34. The van der Waals surface area contributed by atoms with Crippen LogP contribution in [0.1, 0.15) is 56.3 Å². The number of carbonyl (C=O) groups is 2. The molecule has 0 aliphatic heterocycles. The van der Waals surface area contributed by atoms with Crippen LogP contribution in [-0.2, 0) is 0 Å². The van der Waals surface area contributed by atoms with Crippen molar-refractivity contribution in [2.75, 3.05) is 0 Å². The van der Waals surface area contributed by atoms with Gasteiger partial charge in [0.25, 0.3) is 5.56 Å². The first-order valence-corrected chi connectivity index (χ1v) is 11.0. The van der Waals surface area contributed by atoms with Crippen LogP contribution in [-0.4, -0.2) is 37.1 Å². The van der Waals surface area contributed by atoms with E-state index in [-0.39, 0.29) is 32.3 Å². The maximum atomic E-state index is 13.8. The third kappa shape index (κ3) is 4.54. The molecular formula is C23H24Cl2N4O4. The summed E-state index contributed by atoms with van der Waals surface area (Å²) in [7, 11) is 0. The predicted octanol–water partition coefficient (Wildman–Crippen LogP) is 5.02. The summed E-state index contributed by atoms with van der Waals surface area (Å²) in [6.07, 6.45) is -0.854. The molecule has 2 amide bonds. The first-order chi connectivity index (χ1) is 15.4. The van der Waals surface area contributed by atoms with Crippen LogP contribution >= 0.6 is 23.2 Å². The summed E-state index contributed by atoms with van der Waals surface area (Å²) in [5, 5.41) is 10.5. The number of hydrogen-bond donors (Lipinski definition) is 2. The van der Waals surface area contributed by atoms with Crippen LogP contribution in [0.3, 0.4) is 0 Å². The molecule has 33 heavy (non-hydrogen) atoms. The molecule has 10 heteroatoms. The molecule has 0 fully saturated rings. The molecule has 174 valence electrons. The van der Waals surface area contributed by atoms with Crippen molar-refractivity contribution in [3.63, 3.8) is 0 Å². The van der Waals surface area contributed by atoms with Crippen LogP contribution in [0.2, 0.25) is 10.0 Å². The van der Waals surface area contributed by atoms with Crippen molar-refractivity contribution < 1.29 is 14.7 Å². The molecule has 0 aliphatic carbocycles. The Morgan fingerprint density at radius 1 is 1.18 bits per heavy atom. The van der Waals surface area contributed by atoms with Crippen LogP contribution in [0.5, 0.6) is 0 Å². The second kappa shape index (κ2) is 9.03. The lowest BCUT2D eigenvalue weighted by molar-refractivity contribution is 0.0646. The van der Waals surface area contributed by atoms with Gasteiger partial charge in [0.15, 0.2) is 0 Å². The molecule has 0 bridgehead atoms. The number of fused-ring (bicyclic) bond motifs is 1. The molecule has 1 heterocycles. The van der Waals surface area contributed by atoms with E-state index < -0.39 is 29.1 Å². The van der Waals surface area contributed by atoms with Crippen molar-refractivity contribution in [1.29, 1.82) is 0 Å². The van der Waals surface area contributed by atoms with Gasteiger partial charge in [-0.2, -0.15) is 0 Å². The highest BCUT2D eigenvalue weighted by Gasteiger charge is 2.36. The summed E-state index contributed by atoms with van der Waals surface area (Å²) < 4.78 is 1.27. The van der Waals surface area contributed by atoms with E-state index in [0.29, 0.717) is 12.1 Å². The molecule has 0 spiro atoms. The number of carbonyl (C=O) groups excluding carboxylic acids is 1. The number of primary amides is 1. The topological polar surface area (TPSA) is 119 Å². The van der Waals surface area contributed by atoms with E-state index in [9.17, 15) is 19.5 Å². The van der Waals surface area contributed by atoms with E-state index in [2.05, 4.69) is 4.98 Å². The smallest absolute Gasteiger partial charge is 0.408 e. The van der Waals surface area contributed by atoms with Gasteiger partial charge in [-0.15, -0.1) is 0 Å². The summed E-state index contributed by atoms with van der Waals surface area (Å²) in [5.41, 5.74) is 4.74. The zero-order valence-electron chi connectivity index (χ0n) is 18.6. The largest absolute Gasteiger partial charge is 0.465 e. The van der Waals surface area contributed by atoms with Crippen molar-refractivity contribution in [3.05, 3.63) is 68.2 Å². The minimum Gasteiger partial charge on any atom is -0.465 e. The number of carboxylic acid groups (broad SMARTS) is 1. The Hall–Kier alpha value is -3.10. The number of aromatic nitrogens is 2. The molecule has 0 saturated carbocycles. The van der Waals surface area contributed by atoms with Crippen molar-refractivity contribution in [1.82, 2.24) is 14.5 Å². The summed E-state index contributed by atoms with van der Waals surface area (Å²) >= 11 is 12.7. The highest BCUT2D eigenvalue weighted by atomic mass is 35.5. The highest BCUT2D eigenvalue weighted by molar-refractivity contribution is 6.39. The molecule has 0 aliphatic rings. The molecule has 3 N–H and O–H groups in total. The average molecular weight is 491 g/mol. The zero-order chi connectivity index (χ0) is 24.7. The van der Waals surface area contributed by atoms with Crippen molar-refractivity contribution in [2.45, 2.75) is 45.7 Å². The lowest BCUT2D eigenvalue weighted by Crippen LogP contribution is -2.48. The van der Waals surface area contributed by atoms with E-state index in [0.717, 1.165) is 0 Å². The lowest BCUT2D eigenvalue weighted by atomic mass is 10.0. The van der Waals surface area contributed by atoms with E-state index in [4.69, 9.17) is 28.9 Å². The van der Waals surface area contributed by atoms with Crippen LogP contribution in [0, 0.1) is 0 Å². The van der Waals surface area contributed by atoms with Gasteiger partial charge in [-0.3, -0.25) is 19.1 Å². The zero-order valence-corrected chi connectivity index (χ0v) is 20.1. The van der Waals surface area contributed by atoms with Crippen molar-refractivity contribution in [2.24, 2.45) is 5.73 Å².